The molecule has 0 amide bonds. The van der Waals surface area contributed by atoms with E-state index in [2.05, 4.69) is 22.6 Å². The molecular formula is C24H23IN4O6S. The fourth-order valence-corrected chi connectivity index (χ4v) is 7.05. The molecule has 3 aromatic rings. The Morgan fingerprint density at radius 2 is 1.92 bits per heavy atom. The normalized spacial score (nSPS) is 22.2. The third-order valence-corrected chi connectivity index (χ3v) is 9.98. The van der Waals surface area contributed by atoms with Gasteiger partial charge in [0.2, 0.25) is 0 Å². The molecule has 1 aromatic carbocycles. The predicted molar refractivity (Wildman–Crippen MR) is 143 cm³/mol. The van der Waals surface area contributed by atoms with Crippen LogP contribution in [-0.4, -0.2) is 53.6 Å². The third kappa shape index (κ3) is 3.30. The monoisotopic (exact) mass is 622 g/mol. The molecule has 1 atom stereocenters. The van der Waals surface area contributed by atoms with Crippen molar-refractivity contribution in [3.05, 3.63) is 48.8 Å². The van der Waals surface area contributed by atoms with Crippen molar-refractivity contribution in [2.45, 2.75) is 32.1 Å². The fourth-order valence-electron chi connectivity index (χ4n) is 5.39. The second-order valence-corrected chi connectivity index (χ2v) is 12.9. The van der Waals surface area contributed by atoms with E-state index in [0.717, 1.165) is 20.2 Å². The average molecular weight is 622 g/mol. The van der Waals surface area contributed by atoms with Crippen LogP contribution in [-0.2, 0) is 38.1 Å². The Hall–Kier alpha value is -2.71. The standard InChI is InChI=1S/C24H23IN4O6S/c1-2-24(32)15-8-19-20-13(10-29(19)22(30)14(15)11-35-23(24)31)21(28-3-5-36(33,34)6-4-28)12-7-17(26)16(25)9-18(12)27-20/h7-9,32H,2-6,10-11,26H2,1H3/t24-/m0/s1. The maximum atomic E-state index is 13.6. The Morgan fingerprint density at radius 3 is 2.61 bits per heavy atom. The number of hydrogen-bond acceptors (Lipinski definition) is 9. The number of aromatic nitrogens is 2. The van der Waals surface area contributed by atoms with Crippen molar-refractivity contribution in [2.24, 2.45) is 0 Å². The van der Waals surface area contributed by atoms with E-state index in [-0.39, 0.29) is 47.8 Å². The second kappa shape index (κ2) is 7.89. The number of rotatable bonds is 2. The molecule has 0 aliphatic carbocycles. The number of halogens is 1. The number of esters is 1. The molecule has 6 rings (SSSR count). The zero-order valence-electron chi connectivity index (χ0n) is 19.4. The zero-order chi connectivity index (χ0) is 25.6. The summed E-state index contributed by atoms with van der Waals surface area (Å²) in [6.07, 6.45) is 0.0602. The summed E-state index contributed by atoms with van der Waals surface area (Å²) in [6.45, 7) is 2.32. The fraction of sp³-hybridized carbons (Fsp3) is 0.375. The maximum absolute atomic E-state index is 13.6. The summed E-state index contributed by atoms with van der Waals surface area (Å²) in [5.74, 6) is -0.697. The molecule has 3 aliphatic heterocycles. The summed E-state index contributed by atoms with van der Waals surface area (Å²) < 4.78 is 31.9. The van der Waals surface area contributed by atoms with Crippen LogP contribution in [0.15, 0.2) is 23.0 Å². The molecule has 3 aliphatic rings. The van der Waals surface area contributed by atoms with E-state index in [1.165, 1.54) is 0 Å². The van der Waals surface area contributed by atoms with E-state index >= 15 is 0 Å². The van der Waals surface area contributed by atoms with E-state index in [1.807, 2.05) is 17.0 Å². The molecular weight excluding hydrogens is 599 g/mol. The van der Waals surface area contributed by atoms with Crippen LogP contribution in [0.3, 0.4) is 0 Å². The summed E-state index contributed by atoms with van der Waals surface area (Å²) in [5.41, 5.74) is 8.44. The summed E-state index contributed by atoms with van der Waals surface area (Å²) in [6, 6.07) is 5.40. The van der Waals surface area contributed by atoms with Crippen LogP contribution < -0.4 is 16.2 Å². The second-order valence-electron chi connectivity index (χ2n) is 9.42. The Labute approximate surface area is 220 Å². The van der Waals surface area contributed by atoms with E-state index in [9.17, 15) is 23.1 Å². The minimum Gasteiger partial charge on any atom is -0.458 e. The van der Waals surface area contributed by atoms with Crippen LogP contribution in [0.2, 0.25) is 0 Å². The van der Waals surface area contributed by atoms with E-state index in [1.54, 1.807) is 17.6 Å². The van der Waals surface area contributed by atoms with Gasteiger partial charge in [0, 0.05) is 38.9 Å². The van der Waals surface area contributed by atoms with Gasteiger partial charge in [-0.15, -0.1) is 0 Å². The first-order valence-electron chi connectivity index (χ1n) is 11.6. The van der Waals surface area contributed by atoms with E-state index < -0.39 is 21.4 Å². The van der Waals surface area contributed by atoms with Gasteiger partial charge in [0.1, 0.15) is 6.61 Å². The molecule has 0 saturated carbocycles. The van der Waals surface area contributed by atoms with E-state index in [4.69, 9.17) is 15.5 Å². The largest absolute Gasteiger partial charge is 0.458 e. The van der Waals surface area contributed by atoms with Gasteiger partial charge in [0.25, 0.3) is 5.56 Å². The number of nitrogens with two attached hydrogens (primary N) is 1. The highest BCUT2D eigenvalue weighted by Crippen LogP contribution is 2.44. The molecule has 3 N–H and O–H groups in total. The molecule has 12 heteroatoms. The van der Waals surface area contributed by atoms with Crippen LogP contribution in [0.25, 0.3) is 22.3 Å². The number of carbonyl (C=O) groups is 1. The van der Waals surface area contributed by atoms with Crippen molar-refractivity contribution in [3.63, 3.8) is 0 Å². The Bertz CT molecular complexity index is 1650. The minimum atomic E-state index is -3.11. The van der Waals surface area contributed by atoms with Crippen LogP contribution >= 0.6 is 22.6 Å². The van der Waals surface area contributed by atoms with Crippen molar-refractivity contribution in [1.82, 2.24) is 9.55 Å². The van der Waals surface area contributed by atoms with Crippen molar-refractivity contribution < 1.29 is 23.1 Å². The number of benzene rings is 1. The molecule has 0 bridgehead atoms. The number of hydrogen-bond donors (Lipinski definition) is 2. The topological polar surface area (TPSA) is 145 Å². The van der Waals surface area contributed by atoms with Gasteiger partial charge >= 0.3 is 5.97 Å². The van der Waals surface area contributed by atoms with Gasteiger partial charge < -0.3 is 25.0 Å². The van der Waals surface area contributed by atoms with Gasteiger partial charge in [-0.2, -0.15) is 0 Å². The molecule has 1 saturated heterocycles. The molecule has 188 valence electrons. The Kier molecular flexibility index (Phi) is 5.19. The number of anilines is 2. The highest BCUT2D eigenvalue weighted by molar-refractivity contribution is 14.1. The van der Waals surface area contributed by atoms with Crippen LogP contribution in [0.4, 0.5) is 11.4 Å². The van der Waals surface area contributed by atoms with Gasteiger partial charge in [-0.25, -0.2) is 18.2 Å². The van der Waals surface area contributed by atoms with Gasteiger partial charge in [-0.3, -0.25) is 4.79 Å². The van der Waals surface area contributed by atoms with Crippen molar-refractivity contribution in [3.8, 4) is 11.4 Å². The first-order valence-corrected chi connectivity index (χ1v) is 14.5. The van der Waals surface area contributed by atoms with Gasteiger partial charge in [0.05, 0.1) is 46.2 Å². The number of nitrogens with zero attached hydrogens (tertiary/aromatic N) is 3. The van der Waals surface area contributed by atoms with Crippen molar-refractivity contribution >= 4 is 60.7 Å². The molecule has 2 aromatic heterocycles. The zero-order valence-corrected chi connectivity index (χ0v) is 22.3. The molecule has 1 fully saturated rings. The highest BCUT2D eigenvalue weighted by Gasteiger charge is 2.45. The number of nitrogen functional groups attached to an aromatic ring is 1. The number of pyridine rings is 2. The number of aliphatic hydroxyl groups is 1. The van der Waals surface area contributed by atoms with Crippen molar-refractivity contribution in [2.75, 3.05) is 35.2 Å². The van der Waals surface area contributed by atoms with Crippen molar-refractivity contribution in [1.29, 1.82) is 0 Å². The Balaban J connectivity index is 1.63. The van der Waals surface area contributed by atoms with E-state index in [0.29, 0.717) is 35.7 Å². The third-order valence-electron chi connectivity index (χ3n) is 7.44. The quantitative estimate of drug-likeness (QED) is 0.193. The first kappa shape index (κ1) is 23.7. The molecule has 0 spiro atoms. The predicted octanol–water partition coefficient (Wildman–Crippen LogP) is 1.50. The molecule has 5 heterocycles. The molecule has 0 radical (unpaired) electrons. The smallest absolute Gasteiger partial charge is 0.343 e. The number of ether oxygens (including phenoxy) is 1. The van der Waals surface area contributed by atoms with Gasteiger partial charge in [0.15, 0.2) is 15.4 Å². The van der Waals surface area contributed by atoms with Crippen LogP contribution in [0, 0.1) is 3.57 Å². The average Bonchev–Trinajstić information content (AvgIpc) is 3.20. The lowest BCUT2D eigenvalue weighted by Crippen LogP contribution is -2.44. The summed E-state index contributed by atoms with van der Waals surface area (Å²) in [7, 11) is -3.11. The maximum Gasteiger partial charge on any atom is 0.343 e. The number of cyclic esters (lactones) is 1. The number of carbonyl (C=O) groups excluding carboxylic acids is 1. The number of sulfone groups is 1. The lowest BCUT2D eigenvalue weighted by atomic mass is 9.86. The summed E-state index contributed by atoms with van der Waals surface area (Å²) in [4.78, 5) is 33.0. The minimum absolute atomic E-state index is 0.0373. The first-order chi connectivity index (χ1) is 17.0. The van der Waals surface area contributed by atoms with Crippen LogP contribution in [0.5, 0.6) is 0 Å². The number of fused-ring (bicyclic) bond motifs is 5. The van der Waals surface area contributed by atoms with Crippen LogP contribution in [0.1, 0.15) is 30.0 Å². The van der Waals surface area contributed by atoms with Gasteiger partial charge in [-0.1, -0.05) is 6.92 Å². The molecule has 10 nitrogen and oxygen atoms in total. The molecule has 0 unspecified atom stereocenters. The lowest BCUT2D eigenvalue weighted by Gasteiger charge is -2.31. The highest BCUT2D eigenvalue weighted by atomic mass is 127. The summed E-state index contributed by atoms with van der Waals surface area (Å²) >= 11 is 2.14. The van der Waals surface area contributed by atoms with Gasteiger partial charge in [-0.05, 0) is 47.2 Å². The summed E-state index contributed by atoms with van der Waals surface area (Å²) in [5, 5.41) is 11.9. The lowest BCUT2D eigenvalue weighted by molar-refractivity contribution is -0.172. The molecule has 36 heavy (non-hydrogen) atoms. The SMILES string of the molecule is CC[C@@]1(O)C(=O)OCc2c1cc1n(c2=O)Cc2c-1nc1cc(I)c(N)cc1c2N1CCS(=O)(=O)CC1. The Morgan fingerprint density at radius 1 is 1.19 bits per heavy atom.